The lowest BCUT2D eigenvalue weighted by atomic mass is 10.0. The first kappa shape index (κ1) is 23.6. The van der Waals surface area contributed by atoms with Crippen LogP contribution in [0.15, 0.2) is 48.5 Å². The second kappa shape index (κ2) is 10.1. The Hall–Kier alpha value is -3.03. The lowest BCUT2D eigenvalue weighted by molar-refractivity contribution is -0.118. The molecular formula is C23H23Cl2FN4O2. The van der Waals surface area contributed by atoms with Gasteiger partial charge in [0.1, 0.15) is 16.8 Å². The topological polar surface area (TPSA) is 103 Å². The number of ether oxygens (including phenoxy) is 1. The fraction of sp³-hybridized carbons (Fsp3) is 0.217. The summed E-state index contributed by atoms with van der Waals surface area (Å²) >= 11 is 12.6. The van der Waals surface area contributed by atoms with Crippen molar-refractivity contribution < 1.29 is 13.9 Å². The van der Waals surface area contributed by atoms with Gasteiger partial charge in [-0.25, -0.2) is 4.98 Å². The van der Waals surface area contributed by atoms with Crippen molar-refractivity contribution in [3.63, 3.8) is 0 Å². The van der Waals surface area contributed by atoms with Crippen LogP contribution in [0.1, 0.15) is 30.9 Å². The highest BCUT2D eigenvalue weighted by molar-refractivity contribution is 6.34. The predicted molar refractivity (Wildman–Crippen MR) is 126 cm³/mol. The molecule has 168 valence electrons. The van der Waals surface area contributed by atoms with Gasteiger partial charge in [0.25, 0.3) is 0 Å². The summed E-state index contributed by atoms with van der Waals surface area (Å²) in [6, 6.07) is 12.3. The molecule has 0 aliphatic carbocycles. The van der Waals surface area contributed by atoms with E-state index in [0.717, 1.165) is 11.6 Å². The maximum Gasteiger partial charge on any atom is 0.240 e. The van der Waals surface area contributed by atoms with E-state index in [1.54, 1.807) is 42.5 Å². The van der Waals surface area contributed by atoms with E-state index in [2.05, 4.69) is 10.3 Å². The van der Waals surface area contributed by atoms with Crippen molar-refractivity contribution in [2.45, 2.75) is 32.2 Å². The van der Waals surface area contributed by atoms with Gasteiger partial charge in [-0.1, -0.05) is 55.2 Å². The summed E-state index contributed by atoms with van der Waals surface area (Å²) in [4.78, 5) is 15.8. The first-order chi connectivity index (χ1) is 15.2. The first-order valence-corrected chi connectivity index (χ1v) is 10.6. The molecule has 0 spiro atoms. The summed E-state index contributed by atoms with van der Waals surface area (Å²) in [5.41, 5.74) is 13.8. The quantitative estimate of drug-likeness (QED) is 0.292. The number of benzene rings is 2. The molecule has 0 aliphatic rings. The van der Waals surface area contributed by atoms with Crippen molar-refractivity contribution >= 4 is 40.6 Å². The van der Waals surface area contributed by atoms with Crippen LogP contribution in [0, 0.1) is 5.95 Å². The molecule has 1 aromatic heterocycles. The zero-order chi connectivity index (χ0) is 23.4. The van der Waals surface area contributed by atoms with E-state index in [1.165, 1.54) is 0 Å². The zero-order valence-electron chi connectivity index (χ0n) is 17.5. The van der Waals surface area contributed by atoms with E-state index in [-0.39, 0.29) is 28.9 Å². The third-order valence-corrected chi connectivity index (χ3v) is 5.57. The number of aromatic nitrogens is 1. The molecule has 0 radical (unpaired) electrons. The van der Waals surface area contributed by atoms with Gasteiger partial charge in [0.2, 0.25) is 11.9 Å². The van der Waals surface area contributed by atoms with Gasteiger partial charge in [-0.3, -0.25) is 4.79 Å². The molecule has 0 saturated heterocycles. The van der Waals surface area contributed by atoms with Gasteiger partial charge in [-0.15, -0.1) is 0 Å². The van der Waals surface area contributed by atoms with E-state index in [0.29, 0.717) is 22.0 Å². The van der Waals surface area contributed by atoms with Gasteiger partial charge >= 0.3 is 0 Å². The van der Waals surface area contributed by atoms with Gasteiger partial charge < -0.3 is 21.5 Å². The van der Waals surface area contributed by atoms with Crippen LogP contribution in [0.2, 0.25) is 10.0 Å². The number of halogens is 3. The van der Waals surface area contributed by atoms with Gasteiger partial charge in [-0.05, 0) is 41.3 Å². The summed E-state index contributed by atoms with van der Waals surface area (Å²) in [7, 11) is 0. The molecule has 1 heterocycles. The van der Waals surface area contributed by atoms with Crippen LogP contribution in [-0.2, 0) is 11.2 Å². The number of pyridine rings is 1. The molecular weight excluding hydrogens is 454 g/mol. The van der Waals surface area contributed by atoms with E-state index in [4.69, 9.17) is 39.4 Å². The molecule has 3 aromatic rings. The number of primary amides is 1. The van der Waals surface area contributed by atoms with Gasteiger partial charge in [0, 0.05) is 23.2 Å². The van der Waals surface area contributed by atoms with Crippen LogP contribution in [-0.4, -0.2) is 16.9 Å². The number of nitrogen functional groups attached to an aromatic ring is 1. The lowest BCUT2D eigenvalue weighted by Gasteiger charge is -2.19. The molecule has 0 fully saturated rings. The van der Waals surface area contributed by atoms with Crippen molar-refractivity contribution in [2.24, 2.45) is 5.73 Å². The fourth-order valence-electron chi connectivity index (χ4n) is 3.16. The number of amides is 1. The molecule has 0 aliphatic heterocycles. The molecule has 5 N–H and O–H groups in total. The molecule has 32 heavy (non-hydrogen) atoms. The Morgan fingerprint density at radius 2 is 1.91 bits per heavy atom. The molecule has 9 heteroatoms. The fourth-order valence-corrected chi connectivity index (χ4v) is 3.56. The molecule has 6 nitrogen and oxygen atoms in total. The van der Waals surface area contributed by atoms with Crippen molar-refractivity contribution in [1.82, 2.24) is 4.98 Å². The summed E-state index contributed by atoms with van der Waals surface area (Å²) < 4.78 is 20.1. The Balaban J connectivity index is 1.89. The number of nitrogens with one attached hydrogen (secondary N) is 1. The maximum absolute atomic E-state index is 14.3. The minimum absolute atomic E-state index is 0.000249. The van der Waals surface area contributed by atoms with E-state index >= 15 is 0 Å². The maximum atomic E-state index is 14.3. The number of rotatable bonds is 8. The Morgan fingerprint density at radius 3 is 2.56 bits per heavy atom. The average Bonchev–Trinajstić information content (AvgIpc) is 2.73. The summed E-state index contributed by atoms with van der Waals surface area (Å²) in [5, 5.41) is 3.29. The number of carbonyl (C=O) groups is 1. The van der Waals surface area contributed by atoms with Crippen LogP contribution in [0.5, 0.6) is 11.5 Å². The van der Waals surface area contributed by atoms with Crippen molar-refractivity contribution in [1.29, 1.82) is 0 Å². The number of hydrogen-bond acceptors (Lipinski definition) is 5. The van der Waals surface area contributed by atoms with Gasteiger partial charge in [-0.2, -0.15) is 4.39 Å². The van der Waals surface area contributed by atoms with Crippen LogP contribution in [0.3, 0.4) is 0 Å². The summed E-state index contributed by atoms with van der Waals surface area (Å²) in [6.45, 7) is 4.00. The number of carbonyl (C=O) groups excluding carboxylic acids is 1. The summed E-state index contributed by atoms with van der Waals surface area (Å²) in [6.07, 6.45) is 0.162. The number of nitrogens with two attached hydrogens (primary N) is 2. The number of hydrogen-bond donors (Lipinski definition) is 3. The number of anilines is 2. The zero-order valence-corrected chi connectivity index (χ0v) is 19.0. The highest BCUT2D eigenvalue weighted by atomic mass is 35.5. The predicted octanol–water partition coefficient (Wildman–Crippen LogP) is 5.53. The van der Waals surface area contributed by atoms with E-state index < -0.39 is 17.9 Å². The van der Waals surface area contributed by atoms with Gasteiger partial charge in [0.15, 0.2) is 11.6 Å². The first-order valence-electron chi connectivity index (χ1n) is 9.88. The van der Waals surface area contributed by atoms with Gasteiger partial charge in [0.05, 0.1) is 0 Å². The normalized spacial score (nSPS) is 11.9. The Bertz CT molecular complexity index is 1140. The Morgan fingerprint density at radius 1 is 1.19 bits per heavy atom. The molecule has 0 bridgehead atoms. The van der Waals surface area contributed by atoms with Crippen molar-refractivity contribution in [2.75, 3.05) is 11.1 Å². The van der Waals surface area contributed by atoms with Crippen molar-refractivity contribution in [3.05, 3.63) is 75.7 Å². The smallest absolute Gasteiger partial charge is 0.240 e. The van der Waals surface area contributed by atoms with Crippen LogP contribution in [0.25, 0.3) is 0 Å². The molecule has 0 saturated carbocycles. The molecule has 1 amide bonds. The number of nitrogens with zero attached hydrogens (tertiary/aromatic N) is 1. The largest absolute Gasteiger partial charge is 0.455 e. The molecule has 0 unspecified atom stereocenters. The highest BCUT2D eigenvalue weighted by Crippen LogP contribution is 2.36. The standard InChI is InChI=1S/C23H23Cl2FN4O2/c1-12(2)15-10-14(7-8-17(15)27)32-19-11-20(26)30-23(21(19)25)29-18(22(28)31)9-13-5-3-4-6-16(13)24/h3-8,10-12,18H,9,27H2,1-2H3,(H2,28,31)(H,29,30)/t18-/m0/s1. The lowest BCUT2D eigenvalue weighted by Crippen LogP contribution is -2.37. The van der Waals surface area contributed by atoms with Crippen LogP contribution >= 0.6 is 23.2 Å². The van der Waals surface area contributed by atoms with E-state index in [1.807, 2.05) is 13.8 Å². The third-order valence-electron chi connectivity index (χ3n) is 4.84. The highest BCUT2D eigenvalue weighted by Gasteiger charge is 2.22. The minimum atomic E-state index is -0.932. The molecule has 2 aromatic carbocycles. The molecule has 3 rings (SSSR count). The second-order valence-corrected chi connectivity index (χ2v) is 8.33. The second-order valence-electron chi connectivity index (χ2n) is 7.55. The summed E-state index contributed by atoms with van der Waals surface area (Å²) in [5.74, 6) is -0.952. The van der Waals surface area contributed by atoms with Crippen LogP contribution < -0.4 is 21.5 Å². The third kappa shape index (κ3) is 5.60. The minimum Gasteiger partial charge on any atom is -0.455 e. The average molecular weight is 477 g/mol. The Labute approximate surface area is 195 Å². The molecule has 1 atom stereocenters. The van der Waals surface area contributed by atoms with Crippen molar-refractivity contribution in [3.8, 4) is 11.5 Å². The SMILES string of the molecule is CC(C)c1cc(Oc2cc(F)nc(N[C@@H](Cc3ccccc3Cl)C(N)=O)c2Cl)ccc1N. The van der Waals surface area contributed by atoms with E-state index in [9.17, 15) is 9.18 Å². The monoisotopic (exact) mass is 476 g/mol. The van der Waals surface area contributed by atoms with Crippen LogP contribution in [0.4, 0.5) is 15.9 Å². The Kier molecular flexibility index (Phi) is 7.43.